The van der Waals surface area contributed by atoms with Crippen LogP contribution in [0.1, 0.15) is 50.4 Å². The third-order valence-electron chi connectivity index (χ3n) is 4.87. The fourth-order valence-corrected chi connectivity index (χ4v) is 4.18. The minimum atomic E-state index is -0.224. The lowest BCUT2D eigenvalue weighted by Gasteiger charge is -2.15. The number of amides is 1. The number of carbonyl (C=O) groups is 1. The van der Waals surface area contributed by atoms with Gasteiger partial charge in [-0.3, -0.25) is 9.36 Å². The molecule has 5 nitrogen and oxygen atoms in total. The van der Waals surface area contributed by atoms with Crippen LogP contribution in [0.3, 0.4) is 0 Å². The van der Waals surface area contributed by atoms with Crippen LogP contribution in [0.25, 0.3) is 5.69 Å². The van der Waals surface area contributed by atoms with Gasteiger partial charge in [0.15, 0.2) is 5.16 Å². The number of thioether (sulfide) groups is 1. The number of aryl methyl sites for hydroxylation is 2. The van der Waals surface area contributed by atoms with Gasteiger partial charge in [0.2, 0.25) is 5.91 Å². The van der Waals surface area contributed by atoms with E-state index in [4.69, 9.17) is 0 Å². The fraction of sp³-hybridized carbons (Fsp3) is 0.476. The Labute approximate surface area is 165 Å². The maximum atomic E-state index is 12.5. The topological polar surface area (TPSA) is 59.8 Å². The zero-order valence-electron chi connectivity index (χ0n) is 16.4. The number of benzene rings is 1. The summed E-state index contributed by atoms with van der Waals surface area (Å²) >= 11 is 1.45. The molecule has 0 fully saturated rings. The number of hydrogen-bond donors (Lipinski definition) is 1. The summed E-state index contributed by atoms with van der Waals surface area (Å²) in [4.78, 5) is 12.5. The number of nitrogens with zero attached hydrogens (tertiary/aromatic N) is 3. The molecule has 1 aliphatic rings. The normalized spacial score (nSPS) is 15.3. The Morgan fingerprint density at radius 3 is 2.70 bits per heavy atom. The number of allylic oxidation sites excluding steroid dienone is 1. The van der Waals surface area contributed by atoms with Crippen molar-refractivity contribution in [3.05, 3.63) is 47.3 Å². The molecule has 1 N–H and O–H groups in total. The Bertz CT molecular complexity index is 810. The van der Waals surface area contributed by atoms with Gasteiger partial charge in [0.05, 0.1) is 5.25 Å². The monoisotopic (exact) mass is 384 g/mol. The van der Waals surface area contributed by atoms with Crippen molar-refractivity contribution in [1.82, 2.24) is 20.1 Å². The van der Waals surface area contributed by atoms with Crippen molar-refractivity contribution in [3.8, 4) is 5.69 Å². The average molecular weight is 385 g/mol. The van der Waals surface area contributed by atoms with Crippen LogP contribution >= 0.6 is 11.8 Å². The maximum Gasteiger partial charge on any atom is 0.233 e. The summed E-state index contributed by atoms with van der Waals surface area (Å²) in [5, 5.41) is 12.1. The standard InChI is InChI=1S/C21H28N4OS/c1-15-9-11-19(12-10-15)25-17(3)23-24-21(25)27-16(2)20(26)22-14-13-18-7-5-4-6-8-18/h7,9-12,16H,4-6,8,13-14H2,1-3H3,(H,22,26)/t16-/m1/s1. The van der Waals surface area contributed by atoms with Gasteiger partial charge in [-0.25, -0.2) is 0 Å². The zero-order valence-corrected chi connectivity index (χ0v) is 17.2. The molecule has 1 aliphatic carbocycles. The first-order chi connectivity index (χ1) is 13.0. The second-order valence-electron chi connectivity index (χ2n) is 7.11. The molecule has 1 amide bonds. The first-order valence-electron chi connectivity index (χ1n) is 9.66. The summed E-state index contributed by atoms with van der Waals surface area (Å²) in [6.07, 6.45) is 8.23. The van der Waals surface area contributed by atoms with Crippen LogP contribution < -0.4 is 5.32 Å². The van der Waals surface area contributed by atoms with Gasteiger partial charge in [0.1, 0.15) is 5.82 Å². The van der Waals surface area contributed by atoms with E-state index in [-0.39, 0.29) is 11.2 Å². The molecule has 1 atom stereocenters. The largest absolute Gasteiger partial charge is 0.355 e. The summed E-state index contributed by atoms with van der Waals surface area (Å²) in [7, 11) is 0. The molecule has 0 aliphatic heterocycles. The molecule has 2 aromatic rings. The van der Waals surface area contributed by atoms with Crippen LogP contribution in [0.5, 0.6) is 0 Å². The molecular weight excluding hydrogens is 356 g/mol. The predicted octanol–water partition coefficient (Wildman–Crippen LogP) is 4.37. The lowest BCUT2D eigenvalue weighted by molar-refractivity contribution is -0.120. The minimum absolute atomic E-state index is 0.0486. The minimum Gasteiger partial charge on any atom is -0.355 e. The molecule has 0 saturated carbocycles. The van der Waals surface area contributed by atoms with E-state index >= 15 is 0 Å². The van der Waals surface area contributed by atoms with Gasteiger partial charge in [-0.1, -0.05) is 41.1 Å². The summed E-state index contributed by atoms with van der Waals surface area (Å²) < 4.78 is 2.00. The molecule has 1 aromatic heterocycles. The molecule has 0 bridgehead atoms. The Kier molecular flexibility index (Phi) is 6.72. The number of aromatic nitrogens is 3. The van der Waals surface area contributed by atoms with Gasteiger partial charge in [-0.05, 0) is 65.0 Å². The second kappa shape index (κ2) is 9.22. The molecule has 27 heavy (non-hydrogen) atoms. The smallest absolute Gasteiger partial charge is 0.233 e. The van der Waals surface area contributed by atoms with Crippen LogP contribution in [-0.4, -0.2) is 32.5 Å². The van der Waals surface area contributed by atoms with Crippen molar-refractivity contribution in [2.24, 2.45) is 0 Å². The van der Waals surface area contributed by atoms with E-state index in [1.807, 2.05) is 18.4 Å². The Morgan fingerprint density at radius 1 is 1.22 bits per heavy atom. The lowest BCUT2D eigenvalue weighted by Crippen LogP contribution is -2.32. The van der Waals surface area contributed by atoms with Gasteiger partial charge < -0.3 is 5.32 Å². The SMILES string of the molecule is Cc1ccc(-n2c(C)nnc2S[C@H](C)C(=O)NCCC2=CCCCC2)cc1. The van der Waals surface area contributed by atoms with Crippen molar-refractivity contribution < 1.29 is 4.79 Å². The Morgan fingerprint density at radius 2 is 2.00 bits per heavy atom. The molecule has 3 rings (SSSR count). The van der Waals surface area contributed by atoms with E-state index in [2.05, 4.69) is 52.8 Å². The Balaban J connectivity index is 1.59. The highest BCUT2D eigenvalue weighted by Gasteiger charge is 2.19. The van der Waals surface area contributed by atoms with E-state index in [0.717, 1.165) is 23.1 Å². The van der Waals surface area contributed by atoms with Crippen LogP contribution in [0.4, 0.5) is 0 Å². The number of hydrogen-bond acceptors (Lipinski definition) is 4. The van der Waals surface area contributed by atoms with E-state index in [1.54, 1.807) is 0 Å². The highest BCUT2D eigenvalue weighted by atomic mass is 32.2. The first-order valence-corrected chi connectivity index (χ1v) is 10.5. The maximum absolute atomic E-state index is 12.5. The lowest BCUT2D eigenvalue weighted by atomic mass is 9.97. The zero-order chi connectivity index (χ0) is 19.2. The Hall–Kier alpha value is -2.08. The molecule has 0 spiro atoms. The molecular formula is C21H28N4OS. The highest BCUT2D eigenvalue weighted by molar-refractivity contribution is 8.00. The quantitative estimate of drug-likeness (QED) is 0.569. The van der Waals surface area contributed by atoms with Crippen LogP contribution in [0, 0.1) is 13.8 Å². The van der Waals surface area contributed by atoms with Crippen molar-refractivity contribution in [3.63, 3.8) is 0 Å². The number of carbonyl (C=O) groups excluding carboxylic acids is 1. The van der Waals surface area contributed by atoms with E-state index in [0.29, 0.717) is 6.54 Å². The van der Waals surface area contributed by atoms with Gasteiger partial charge in [0.25, 0.3) is 0 Å². The first kappa shape index (κ1) is 19.7. The summed E-state index contributed by atoms with van der Waals surface area (Å²) in [6.45, 7) is 6.62. The summed E-state index contributed by atoms with van der Waals surface area (Å²) in [5.41, 5.74) is 3.71. The van der Waals surface area contributed by atoms with Gasteiger partial charge in [0, 0.05) is 12.2 Å². The third kappa shape index (κ3) is 5.22. The molecule has 144 valence electrons. The number of rotatable bonds is 7. The summed E-state index contributed by atoms with van der Waals surface area (Å²) in [6, 6.07) is 8.25. The van der Waals surface area contributed by atoms with Crippen molar-refractivity contribution >= 4 is 17.7 Å². The fourth-order valence-electron chi connectivity index (χ4n) is 3.24. The van der Waals surface area contributed by atoms with Gasteiger partial charge in [-0.15, -0.1) is 10.2 Å². The van der Waals surface area contributed by atoms with Crippen molar-refractivity contribution in [1.29, 1.82) is 0 Å². The molecule has 1 heterocycles. The molecule has 0 saturated heterocycles. The van der Waals surface area contributed by atoms with Crippen molar-refractivity contribution in [2.75, 3.05) is 6.54 Å². The van der Waals surface area contributed by atoms with Crippen LogP contribution in [0.2, 0.25) is 0 Å². The number of nitrogens with one attached hydrogen (secondary N) is 1. The molecule has 0 radical (unpaired) electrons. The average Bonchev–Trinajstić information content (AvgIpc) is 3.03. The summed E-state index contributed by atoms with van der Waals surface area (Å²) in [5.74, 6) is 0.866. The third-order valence-corrected chi connectivity index (χ3v) is 5.91. The predicted molar refractivity (Wildman–Crippen MR) is 110 cm³/mol. The second-order valence-corrected chi connectivity index (χ2v) is 8.42. The van der Waals surface area contributed by atoms with Gasteiger partial charge in [-0.2, -0.15) is 0 Å². The highest BCUT2D eigenvalue weighted by Crippen LogP contribution is 2.26. The van der Waals surface area contributed by atoms with Crippen LogP contribution in [0.15, 0.2) is 41.1 Å². The molecule has 0 unspecified atom stereocenters. The van der Waals surface area contributed by atoms with E-state index in [9.17, 15) is 4.79 Å². The van der Waals surface area contributed by atoms with Crippen LogP contribution in [-0.2, 0) is 4.79 Å². The molecule has 1 aromatic carbocycles. The molecule has 6 heteroatoms. The van der Waals surface area contributed by atoms with E-state index < -0.39 is 0 Å². The van der Waals surface area contributed by atoms with E-state index in [1.165, 1.54) is 48.6 Å². The van der Waals surface area contributed by atoms with Gasteiger partial charge >= 0.3 is 0 Å². The van der Waals surface area contributed by atoms with Crippen molar-refractivity contribution in [2.45, 2.75) is 63.3 Å².